The van der Waals surface area contributed by atoms with Gasteiger partial charge in [-0.3, -0.25) is 9.78 Å². The predicted molar refractivity (Wildman–Crippen MR) is 128 cm³/mol. The van der Waals surface area contributed by atoms with Crippen LogP contribution >= 0.6 is 11.3 Å². The number of likely N-dealkylation sites (N-methyl/N-ethyl adjacent to an activating group) is 1. The van der Waals surface area contributed by atoms with E-state index in [9.17, 15) is 19.5 Å². The largest absolute Gasteiger partial charge is 0.480 e. The molecule has 1 aromatic heterocycles. The van der Waals surface area contributed by atoms with Crippen LogP contribution in [0.4, 0.5) is 4.79 Å². The topological polar surface area (TPSA) is 109 Å². The number of alkyl carbamates (subject to hydrolysis) is 1. The third kappa shape index (κ3) is 4.79. The minimum atomic E-state index is -1.13. The second-order valence-corrected chi connectivity index (χ2v) is 9.13. The van der Waals surface area contributed by atoms with Crippen molar-refractivity contribution >= 4 is 29.3 Å². The van der Waals surface area contributed by atoms with Gasteiger partial charge in [-0.2, -0.15) is 0 Å². The molecule has 1 unspecified atom stereocenters. The summed E-state index contributed by atoms with van der Waals surface area (Å²) in [7, 11) is 1.40. The minimum absolute atomic E-state index is 0.108. The number of fused-ring (bicyclic) bond motifs is 3. The van der Waals surface area contributed by atoms with Crippen LogP contribution in [-0.2, 0) is 20.7 Å². The van der Waals surface area contributed by atoms with Crippen molar-refractivity contribution in [2.75, 3.05) is 13.7 Å². The van der Waals surface area contributed by atoms with Crippen LogP contribution in [0.5, 0.6) is 0 Å². The van der Waals surface area contributed by atoms with Crippen molar-refractivity contribution in [1.82, 2.24) is 15.2 Å². The lowest BCUT2D eigenvalue weighted by atomic mass is 9.98. The summed E-state index contributed by atoms with van der Waals surface area (Å²) >= 11 is 1.35. The summed E-state index contributed by atoms with van der Waals surface area (Å²) in [6.07, 6.45) is 1.07. The molecule has 34 heavy (non-hydrogen) atoms. The van der Waals surface area contributed by atoms with Gasteiger partial charge in [0.05, 0.1) is 5.51 Å². The third-order valence-electron chi connectivity index (χ3n) is 6.11. The van der Waals surface area contributed by atoms with Gasteiger partial charge in [0.2, 0.25) is 5.91 Å². The highest BCUT2D eigenvalue weighted by atomic mass is 32.1. The van der Waals surface area contributed by atoms with E-state index < -0.39 is 30.1 Å². The van der Waals surface area contributed by atoms with Gasteiger partial charge in [-0.15, -0.1) is 11.3 Å². The second kappa shape index (κ2) is 10.0. The van der Waals surface area contributed by atoms with Crippen LogP contribution in [-0.4, -0.2) is 58.7 Å². The lowest BCUT2D eigenvalue weighted by Crippen LogP contribution is -2.52. The number of benzene rings is 2. The molecular formula is C25H25N3O5S. The molecule has 0 saturated carbocycles. The number of hydrogen-bond acceptors (Lipinski definition) is 6. The maximum absolute atomic E-state index is 13.0. The first-order valence-corrected chi connectivity index (χ1v) is 11.7. The normalized spacial score (nSPS) is 13.9. The van der Waals surface area contributed by atoms with E-state index in [0.29, 0.717) is 0 Å². The molecular weight excluding hydrogens is 454 g/mol. The molecule has 2 aromatic carbocycles. The number of amides is 2. The Morgan fingerprint density at radius 3 is 2.29 bits per heavy atom. The molecule has 2 amide bonds. The van der Waals surface area contributed by atoms with Crippen LogP contribution in [0.3, 0.4) is 0 Å². The van der Waals surface area contributed by atoms with Crippen molar-refractivity contribution in [2.24, 2.45) is 0 Å². The Labute approximate surface area is 201 Å². The summed E-state index contributed by atoms with van der Waals surface area (Å²) in [5.41, 5.74) is 6.05. The number of carbonyl (C=O) groups is 3. The maximum Gasteiger partial charge on any atom is 0.407 e. The summed E-state index contributed by atoms with van der Waals surface area (Å²) in [5.74, 6) is -1.76. The van der Waals surface area contributed by atoms with Gasteiger partial charge in [-0.05, 0) is 29.2 Å². The molecule has 0 radical (unpaired) electrons. The molecule has 0 saturated heterocycles. The molecule has 1 heterocycles. The van der Waals surface area contributed by atoms with Gasteiger partial charge in [-0.1, -0.05) is 48.5 Å². The molecule has 4 rings (SSSR count). The first kappa shape index (κ1) is 23.4. The lowest BCUT2D eigenvalue weighted by Gasteiger charge is -2.27. The predicted octanol–water partition coefficient (Wildman–Crippen LogP) is 3.52. The Morgan fingerprint density at radius 1 is 1.12 bits per heavy atom. The number of hydrogen-bond donors (Lipinski definition) is 2. The number of aromatic nitrogens is 1. The highest BCUT2D eigenvalue weighted by Gasteiger charge is 2.32. The van der Waals surface area contributed by atoms with Crippen molar-refractivity contribution in [1.29, 1.82) is 0 Å². The van der Waals surface area contributed by atoms with Crippen LogP contribution in [0.25, 0.3) is 11.1 Å². The summed E-state index contributed by atoms with van der Waals surface area (Å²) in [6.45, 7) is 1.53. The fourth-order valence-corrected chi connectivity index (χ4v) is 4.77. The number of nitrogens with zero attached hydrogens (tertiary/aromatic N) is 2. The number of rotatable bonds is 8. The fraction of sp³-hybridized carbons (Fsp3) is 0.280. The number of thiazole rings is 1. The van der Waals surface area contributed by atoms with E-state index in [2.05, 4.69) is 22.4 Å². The molecule has 9 heteroatoms. The van der Waals surface area contributed by atoms with Gasteiger partial charge in [0, 0.05) is 30.5 Å². The zero-order valence-electron chi connectivity index (χ0n) is 18.8. The van der Waals surface area contributed by atoms with E-state index in [0.717, 1.165) is 32.0 Å². The van der Waals surface area contributed by atoms with Gasteiger partial charge in [0.1, 0.15) is 18.7 Å². The van der Waals surface area contributed by atoms with Crippen molar-refractivity contribution < 1.29 is 24.2 Å². The molecule has 1 aliphatic carbocycles. The number of carboxylic acid groups (broad SMARTS) is 1. The van der Waals surface area contributed by atoms with Gasteiger partial charge >= 0.3 is 12.1 Å². The molecule has 3 aromatic rings. The molecule has 176 valence electrons. The van der Waals surface area contributed by atoms with Crippen LogP contribution in [0.2, 0.25) is 0 Å². The van der Waals surface area contributed by atoms with Crippen molar-refractivity contribution in [3.8, 4) is 11.1 Å². The van der Waals surface area contributed by atoms with Crippen molar-refractivity contribution in [3.63, 3.8) is 0 Å². The monoisotopic (exact) mass is 479 g/mol. The van der Waals surface area contributed by atoms with Gasteiger partial charge in [0.25, 0.3) is 0 Å². The summed E-state index contributed by atoms with van der Waals surface area (Å²) in [4.78, 5) is 43.0. The average molecular weight is 480 g/mol. The Bertz CT molecular complexity index is 1150. The number of carbonyl (C=O) groups excluding carboxylic acids is 2. The summed E-state index contributed by atoms with van der Waals surface area (Å²) in [6, 6.07) is 14.0. The number of aliphatic carboxylic acids is 1. The van der Waals surface area contributed by atoms with Crippen LogP contribution in [0, 0.1) is 0 Å². The number of nitrogens with one attached hydrogen (secondary N) is 1. The minimum Gasteiger partial charge on any atom is -0.480 e. The summed E-state index contributed by atoms with van der Waals surface area (Å²) in [5, 5.41) is 11.9. The quantitative estimate of drug-likeness (QED) is 0.512. The fourth-order valence-electron chi connectivity index (χ4n) is 4.13. The maximum atomic E-state index is 13.0. The van der Waals surface area contributed by atoms with Crippen molar-refractivity contribution in [3.05, 3.63) is 76.2 Å². The molecule has 0 aliphatic heterocycles. The Hall–Kier alpha value is -3.72. The molecule has 2 N–H and O–H groups in total. The molecule has 0 bridgehead atoms. The van der Waals surface area contributed by atoms with Gasteiger partial charge < -0.3 is 20.1 Å². The standard InChI is InChI=1S/C25H25N3O5S/c1-15(24(30)31)28(2)23(29)22(11-16-12-26-14-34-16)27-25(32)33-13-21-19-9-5-3-7-17(19)18-8-4-6-10-20(18)21/h3-10,12,14-15,21-22H,11,13H2,1-2H3,(H,27,32)(H,30,31)/t15-,22?/m0/s1. The molecule has 0 fully saturated rings. The highest BCUT2D eigenvalue weighted by Crippen LogP contribution is 2.44. The van der Waals surface area contributed by atoms with Crippen LogP contribution in [0.1, 0.15) is 28.8 Å². The van der Waals surface area contributed by atoms with Crippen LogP contribution in [0.15, 0.2) is 60.2 Å². The zero-order valence-corrected chi connectivity index (χ0v) is 19.6. The van der Waals surface area contributed by atoms with E-state index in [-0.39, 0.29) is 18.9 Å². The zero-order chi connectivity index (χ0) is 24.2. The first-order valence-electron chi connectivity index (χ1n) is 10.8. The van der Waals surface area contributed by atoms with Crippen molar-refractivity contribution in [2.45, 2.75) is 31.3 Å². The summed E-state index contributed by atoms with van der Waals surface area (Å²) < 4.78 is 5.58. The number of carboxylic acids is 1. The second-order valence-electron chi connectivity index (χ2n) is 8.16. The van der Waals surface area contributed by atoms with Crippen LogP contribution < -0.4 is 5.32 Å². The van der Waals surface area contributed by atoms with E-state index in [1.807, 2.05) is 36.4 Å². The number of ether oxygens (including phenoxy) is 1. The van der Waals surface area contributed by atoms with Gasteiger partial charge in [0.15, 0.2) is 0 Å². The van der Waals surface area contributed by atoms with E-state index in [1.54, 1.807) is 11.7 Å². The molecule has 1 aliphatic rings. The smallest absolute Gasteiger partial charge is 0.407 e. The lowest BCUT2D eigenvalue weighted by molar-refractivity contribution is -0.148. The molecule has 8 nitrogen and oxygen atoms in total. The molecule has 2 atom stereocenters. The van der Waals surface area contributed by atoms with E-state index in [4.69, 9.17) is 4.74 Å². The first-order chi connectivity index (χ1) is 16.4. The Balaban J connectivity index is 1.47. The Kier molecular flexibility index (Phi) is 6.93. The van der Waals surface area contributed by atoms with Gasteiger partial charge in [-0.25, -0.2) is 9.59 Å². The van der Waals surface area contributed by atoms with E-state index >= 15 is 0 Å². The third-order valence-corrected chi connectivity index (χ3v) is 6.91. The SMILES string of the molecule is C[C@@H](C(=O)O)N(C)C(=O)C(Cc1cncs1)NC(=O)OCC1c2ccccc2-c2ccccc21. The average Bonchev–Trinajstić information content (AvgIpc) is 3.47. The Morgan fingerprint density at radius 2 is 1.74 bits per heavy atom. The highest BCUT2D eigenvalue weighted by molar-refractivity contribution is 7.09. The molecule has 0 spiro atoms. The van der Waals surface area contributed by atoms with E-state index in [1.165, 1.54) is 25.3 Å².